The Hall–Kier alpha value is -1.93. The molecule has 1 aromatic heterocycles. The maximum absolute atomic E-state index is 12.6. The molecule has 0 saturated carbocycles. The predicted molar refractivity (Wildman–Crippen MR) is 101 cm³/mol. The third-order valence-electron chi connectivity index (χ3n) is 3.52. The van der Waals surface area contributed by atoms with Crippen molar-refractivity contribution in [3.05, 3.63) is 39.9 Å². The van der Waals surface area contributed by atoms with Gasteiger partial charge in [0.05, 0.1) is 10.6 Å². The van der Waals surface area contributed by atoms with Crippen LogP contribution in [0.3, 0.4) is 0 Å². The van der Waals surface area contributed by atoms with Gasteiger partial charge in [-0.25, -0.2) is 13.4 Å². The Kier molecular flexibility index (Phi) is 5.84. The molecule has 2 N–H and O–H groups in total. The number of aryl methyl sites for hydroxylation is 3. The minimum atomic E-state index is -3.75. The van der Waals surface area contributed by atoms with Gasteiger partial charge in [0.25, 0.3) is 15.9 Å². The first-order chi connectivity index (χ1) is 11.6. The summed E-state index contributed by atoms with van der Waals surface area (Å²) in [5.74, 6) is 0.0975. The van der Waals surface area contributed by atoms with E-state index in [0.29, 0.717) is 28.6 Å². The van der Waals surface area contributed by atoms with E-state index in [-0.39, 0.29) is 15.9 Å². The second kappa shape index (κ2) is 7.53. The third-order valence-corrected chi connectivity index (χ3v) is 6.22. The molecule has 0 bridgehead atoms. The summed E-state index contributed by atoms with van der Waals surface area (Å²) >= 11 is 1.04. The van der Waals surface area contributed by atoms with Gasteiger partial charge < -0.3 is 5.32 Å². The molecule has 0 spiro atoms. The predicted octanol–water partition coefficient (Wildman–Crippen LogP) is 3.25. The summed E-state index contributed by atoms with van der Waals surface area (Å²) in [5, 5.41) is 3.00. The Balaban J connectivity index is 2.23. The Labute approximate surface area is 152 Å². The first kappa shape index (κ1) is 19.4. The van der Waals surface area contributed by atoms with E-state index in [0.717, 1.165) is 16.9 Å². The normalized spacial score (nSPS) is 11.6. The molecule has 0 aliphatic carbocycles. The molecule has 2 rings (SSSR count). The molecular weight excluding hydrogens is 358 g/mol. The zero-order chi connectivity index (χ0) is 18.8. The van der Waals surface area contributed by atoms with Gasteiger partial charge >= 0.3 is 0 Å². The molecule has 0 aliphatic heterocycles. The van der Waals surface area contributed by atoms with Crippen molar-refractivity contribution in [1.82, 2.24) is 10.3 Å². The van der Waals surface area contributed by atoms with E-state index in [1.54, 1.807) is 26.0 Å². The fraction of sp³-hybridized carbons (Fsp3) is 0.412. The number of nitrogens with one attached hydrogen (secondary N) is 2. The van der Waals surface area contributed by atoms with Crippen molar-refractivity contribution in [3.63, 3.8) is 0 Å². The lowest BCUT2D eigenvalue weighted by Crippen LogP contribution is -2.27. The van der Waals surface area contributed by atoms with Crippen LogP contribution in [0.5, 0.6) is 0 Å². The second-order valence-corrected chi connectivity index (χ2v) is 9.06. The number of nitrogens with zero attached hydrogens (tertiary/aromatic N) is 1. The van der Waals surface area contributed by atoms with Crippen molar-refractivity contribution >= 4 is 32.4 Å². The third kappa shape index (κ3) is 4.79. The van der Waals surface area contributed by atoms with E-state index in [4.69, 9.17) is 0 Å². The number of benzene rings is 1. The molecule has 25 heavy (non-hydrogen) atoms. The van der Waals surface area contributed by atoms with E-state index in [2.05, 4.69) is 15.0 Å². The van der Waals surface area contributed by atoms with Crippen molar-refractivity contribution < 1.29 is 13.2 Å². The molecule has 0 aliphatic rings. The summed E-state index contributed by atoms with van der Waals surface area (Å²) in [4.78, 5) is 17.0. The number of rotatable bonds is 6. The minimum absolute atomic E-state index is 0.187. The van der Waals surface area contributed by atoms with Crippen LogP contribution >= 0.6 is 11.3 Å². The summed E-state index contributed by atoms with van der Waals surface area (Å²) in [6.07, 6.45) is 0. The summed E-state index contributed by atoms with van der Waals surface area (Å²) in [5.41, 5.74) is 2.16. The number of thiazole rings is 1. The molecule has 1 amide bonds. The number of aromatic nitrogens is 1. The highest BCUT2D eigenvalue weighted by atomic mass is 32.2. The highest BCUT2D eigenvalue weighted by Gasteiger charge is 2.21. The number of amides is 1. The van der Waals surface area contributed by atoms with Gasteiger partial charge in [0.2, 0.25) is 0 Å². The molecule has 6 nitrogen and oxygen atoms in total. The first-order valence-electron chi connectivity index (χ1n) is 7.96. The average Bonchev–Trinajstić information content (AvgIpc) is 2.84. The van der Waals surface area contributed by atoms with Gasteiger partial charge in [-0.3, -0.25) is 9.52 Å². The Morgan fingerprint density at radius 2 is 1.92 bits per heavy atom. The Morgan fingerprint density at radius 1 is 1.24 bits per heavy atom. The fourth-order valence-electron chi connectivity index (χ4n) is 2.30. The Morgan fingerprint density at radius 3 is 2.52 bits per heavy atom. The van der Waals surface area contributed by atoms with Crippen LogP contribution in [0.2, 0.25) is 0 Å². The number of anilines is 1. The van der Waals surface area contributed by atoms with Gasteiger partial charge in [-0.05, 0) is 38.3 Å². The highest BCUT2D eigenvalue weighted by Crippen LogP contribution is 2.26. The molecule has 8 heteroatoms. The molecule has 1 heterocycles. The molecule has 0 unspecified atom stereocenters. The van der Waals surface area contributed by atoms with Gasteiger partial charge in [0.15, 0.2) is 5.13 Å². The molecule has 1 aromatic carbocycles. The number of carbonyl (C=O) groups excluding carboxylic acids is 1. The van der Waals surface area contributed by atoms with E-state index < -0.39 is 10.0 Å². The van der Waals surface area contributed by atoms with E-state index in [9.17, 15) is 13.2 Å². The quantitative estimate of drug-likeness (QED) is 0.804. The maximum atomic E-state index is 12.6. The number of sulfonamides is 1. The lowest BCUT2D eigenvalue weighted by atomic mass is 10.2. The maximum Gasteiger partial charge on any atom is 0.263 e. The topological polar surface area (TPSA) is 88.2 Å². The summed E-state index contributed by atoms with van der Waals surface area (Å²) in [7, 11) is -3.75. The van der Waals surface area contributed by atoms with E-state index in [1.165, 1.54) is 0 Å². The van der Waals surface area contributed by atoms with Gasteiger partial charge in [0, 0.05) is 6.54 Å². The number of hydrogen-bond donors (Lipinski definition) is 2. The van der Waals surface area contributed by atoms with Gasteiger partial charge in [-0.2, -0.15) is 0 Å². The minimum Gasteiger partial charge on any atom is -0.351 e. The average molecular weight is 382 g/mol. The van der Waals surface area contributed by atoms with Crippen LogP contribution in [0.15, 0.2) is 23.1 Å². The van der Waals surface area contributed by atoms with Crippen LogP contribution in [0.4, 0.5) is 5.13 Å². The molecule has 136 valence electrons. The number of hydrogen-bond acceptors (Lipinski definition) is 5. The standard InChI is InChI=1S/C17H23N3O3S2/c1-10(2)9-18-16(21)15-13(5)19-17(24-15)20-25(22,23)14-7-6-11(3)8-12(14)4/h6-8,10H,9H2,1-5H3,(H,18,21)(H,19,20). The van der Waals surface area contributed by atoms with Crippen LogP contribution < -0.4 is 10.0 Å². The van der Waals surface area contributed by atoms with Gasteiger partial charge in [0.1, 0.15) is 4.88 Å². The molecule has 0 atom stereocenters. The zero-order valence-corrected chi connectivity index (χ0v) is 16.6. The summed E-state index contributed by atoms with van der Waals surface area (Å²) in [6, 6.07) is 5.13. The first-order valence-corrected chi connectivity index (χ1v) is 10.3. The molecule has 0 saturated heterocycles. The highest BCUT2D eigenvalue weighted by molar-refractivity contribution is 7.93. The van der Waals surface area contributed by atoms with Crippen molar-refractivity contribution in [2.75, 3.05) is 11.3 Å². The van der Waals surface area contributed by atoms with Gasteiger partial charge in [-0.15, -0.1) is 0 Å². The van der Waals surface area contributed by atoms with E-state index in [1.807, 2.05) is 26.8 Å². The number of carbonyl (C=O) groups is 1. The lowest BCUT2D eigenvalue weighted by Gasteiger charge is -2.08. The van der Waals surface area contributed by atoms with Crippen LogP contribution in [0.25, 0.3) is 0 Å². The second-order valence-electron chi connectivity index (χ2n) is 6.41. The Bertz CT molecular complexity index is 887. The van der Waals surface area contributed by atoms with Crippen LogP contribution in [0.1, 0.15) is 40.3 Å². The van der Waals surface area contributed by atoms with Crippen molar-refractivity contribution in [3.8, 4) is 0 Å². The monoisotopic (exact) mass is 381 g/mol. The van der Waals surface area contributed by atoms with Gasteiger partial charge in [-0.1, -0.05) is 42.9 Å². The zero-order valence-electron chi connectivity index (χ0n) is 15.0. The SMILES string of the molecule is Cc1ccc(S(=O)(=O)Nc2nc(C)c(C(=O)NCC(C)C)s2)c(C)c1. The van der Waals surface area contributed by atoms with Crippen molar-refractivity contribution in [2.24, 2.45) is 5.92 Å². The lowest BCUT2D eigenvalue weighted by molar-refractivity contribution is 0.0952. The largest absolute Gasteiger partial charge is 0.351 e. The summed E-state index contributed by atoms with van der Waals surface area (Å²) in [6.45, 7) is 9.91. The van der Waals surface area contributed by atoms with Crippen molar-refractivity contribution in [1.29, 1.82) is 0 Å². The summed E-state index contributed by atoms with van der Waals surface area (Å²) < 4.78 is 27.7. The van der Waals surface area contributed by atoms with Crippen molar-refractivity contribution in [2.45, 2.75) is 39.5 Å². The van der Waals surface area contributed by atoms with Crippen LogP contribution in [-0.2, 0) is 10.0 Å². The van der Waals surface area contributed by atoms with Crippen LogP contribution in [0, 0.1) is 26.7 Å². The smallest absolute Gasteiger partial charge is 0.263 e. The molecule has 0 fully saturated rings. The molecule has 2 aromatic rings. The molecule has 0 radical (unpaired) electrons. The molecular formula is C17H23N3O3S2. The van der Waals surface area contributed by atoms with E-state index >= 15 is 0 Å². The fourth-order valence-corrected chi connectivity index (χ4v) is 4.64. The van der Waals surface area contributed by atoms with Crippen LogP contribution in [-0.4, -0.2) is 25.9 Å².